The molecule has 0 bridgehead atoms. The Bertz CT molecular complexity index is 1170. The second-order valence-electron chi connectivity index (χ2n) is 6.53. The maximum atomic E-state index is 14.2. The Hall–Kier alpha value is -2.78. The van der Waals surface area contributed by atoms with E-state index in [9.17, 15) is 12.8 Å². The van der Waals surface area contributed by atoms with Gasteiger partial charge in [-0.3, -0.25) is 9.40 Å². The van der Waals surface area contributed by atoms with Crippen molar-refractivity contribution < 1.29 is 22.3 Å². The molecule has 7 nitrogen and oxygen atoms in total. The number of halogens is 2. The van der Waals surface area contributed by atoms with Crippen molar-refractivity contribution >= 4 is 27.3 Å². The highest BCUT2D eigenvalue weighted by atomic mass is 35.5. The van der Waals surface area contributed by atoms with Crippen molar-refractivity contribution in [3.63, 3.8) is 0 Å². The van der Waals surface area contributed by atoms with Gasteiger partial charge in [-0.1, -0.05) is 17.7 Å². The minimum atomic E-state index is -4.02. The number of hydrogen-bond donors (Lipinski definition) is 1. The second kappa shape index (κ2) is 8.53. The molecule has 1 aromatic heterocycles. The van der Waals surface area contributed by atoms with Gasteiger partial charge in [-0.25, -0.2) is 12.8 Å². The first-order valence-corrected chi connectivity index (χ1v) is 10.8. The lowest BCUT2D eigenvalue weighted by Gasteiger charge is -2.13. The monoisotopic (exact) mass is 453 g/mol. The average Bonchev–Trinajstić information content (AvgIpc) is 2.97. The summed E-state index contributed by atoms with van der Waals surface area (Å²) in [5.41, 5.74) is 1.52. The van der Waals surface area contributed by atoms with E-state index in [4.69, 9.17) is 21.1 Å². The van der Waals surface area contributed by atoms with E-state index in [0.29, 0.717) is 22.8 Å². The molecule has 3 rings (SSSR count). The van der Waals surface area contributed by atoms with Crippen LogP contribution in [0.2, 0.25) is 5.02 Å². The molecule has 0 saturated heterocycles. The normalized spacial score (nSPS) is 11.4. The summed E-state index contributed by atoms with van der Waals surface area (Å²) in [6, 6.07) is 8.90. The number of methoxy groups -OCH3 is 2. The average molecular weight is 454 g/mol. The Labute approximate surface area is 179 Å². The number of nitrogens with one attached hydrogen (secondary N) is 1. The van der Waals surface area contributed by atoms with Gasteiger partial charge in [-0.2, -0.15) is 5.10 Å². The van der Waals surface area contributed by atoms with Crippen LogP contribution in [0.25, 0.3) is 0 Å². The Balaban J connectivity index is 1.98. The molecule has 0 amide bonds. The minimum absolute atomic E-state index is 0.0579. The lowest BCUT2D eigenvalue weighted by Crippen LogP contribution is -2.15. The van der Waals surface area contributed by atoms with E-state index in [-0.39, 0.29) is 27.8 Å². The summed E-state index contributed by atoms with van der Waals surface area (Å²) >= 11 is 6.11. The fourth-order valence-electron chi connectivity index (χ4n) is 3.02. The summed E-state index contributed by atoms with van der Waals surface area (Å²) in [5.74, 6) is 0.0805. The van der Waals surface area contributed by atoms with Crippen molar-refractivity contribution in [1.29, 1.82) is 0 Å². The Morgan fingerprint density at radius 1 is 1.17 bits per heavy atom. The number of anilines is 1. The van der Waals surface area contributed by atoms with Crippen molar-refractivity contribution in [2.75, 3.05) is 18.9 Å². The van der Waals surface area contributed by atoms with E-state index in [1.807, 2.05) is 0 Å². The molecule has 0 aliphatic carbocycles. The predicted octanol–water partition coefficient (Wildman–Crippen LogP) is 4.16. The van der Waals surface area contributed by atoms with Crippen molar-refractivity contribution in [2.24, 2.45) is 0 Å². The van der Waals surface area contributed by atoms with Crippen molar-refractivity contribution in [3.8, 4) is 11.5 Å². The molecule has 0 fully saturated rings. The minimum Gasteiger partial charge on any atom is -0.497 e. The number of nitrogens with zero attached hydrogens (tertiary/aromatic N) is 2. The van der Waals surface area contributed by atoms with Gasteiger partial charge in [0, 0.05) is 16.7 Å². The van der Waals surface area contributed by atoms with Gasteiger partial charge in [-0.05, 0) is 38.1 Å². The molecule has 1 heterocycles. The predicted molar refractivity (Wildman–Crippen MR) is 113 cm³/mol. The Morgan fingerprint density at radius 3 is 2.53 bits per heavy atom. The number of aromatic nitrogens is 2. The number of aryl methyl sites for hydroxylation is 1. The van der Waals surface area contributed by atoms with E-state index < -0.39 is 15.8 Å². The largest absolute Gasteiger partial charge is 0.497 e. The highest BCUT2D eigenvalue weighted by molar-refractivity contribution is 7.92. The summed E-state index contributed by atoms with van der Waals surface area (Å²) in [6.45, 7) is 3.41. The van der Waals surface area contributed by atoms with Crippen LogP contribution >= 0.6 is 11.6 Å². The maximum absolute atomic E-state index is 14.2. The first kappa shape index (κ1) is 21.9. The molecule has 2 aromatic carbocycles. The van der Waals surface area contributed by atoms with Crippen molar-refractivity contribution in [1.82, 2.24) is 9.78 Å². The molecule has 3 aromatic rings. The molecule has 0 aliphatic heterocycles. The molecule has 0 unspecified atom stereocenters. The lowest BCUT2D eigenvalue weighted by atomic mass is 10.2. The molecule has 0 spiro atoms. The number of hydrogen-bond acceptors (Lipinski definition) is 5. The molecule has 0 aliphatic rings. The van der Waals surface area contributed by atoms with Crippen molar-refractivity contribution in [3.05, 3.63) is 64.2 Å². The van der Waals surface area contributed by atoms with Crippen LogP contribution in [0.3, 0.4) is 0 Å². The summed E-state index contributed by atoms with van der Waals surface area (Å²) in [5, 5.41) is 4.62. The van der Waals surface area contributed by atoms with E-state index in [2.05, 4.69) is 9.82 Å². The van der Waals surface area contributed by atoms with Crippen LogP contribution in [0.1, 0.15) is 17.0 Å². The maximum Gasteiger partial charge on any atom is 0.265 e. The number of ether oxygens (including phenoxy) is 2. The van der Waals surface area contributed by atoms with Crippen LogP contribution in [0, 0.1) is 19.7 Å². The fraction of sp³-hybridized carbons (Fsp3) is 0.250. The third-order valence-electron chi connectivity index (χ3n) is 4.65. The van der Waals surface area contributed by atoms with Crippen LogP contribution in [0.4, 0.5) is 10.1 Å². The summed E-state index contributed by atoms with van der Waals surface area (Å²) < 4.78 is 54.7. The number of rotatable bonds is 7. The van der Waals surface area contributed by atoms with Gasteiger partial charge in [-0.15, -0.1) is 0 Å². The van der Waals surface area contributed by atoms with Crippen LogP contribution in [-0.2, 0) is 16.6 Å². The van der Waals surface area contributed by atoms with Gasteiger partial charge in [0.25, 0.3) is 10.0 Å². The molecule has 160 valence electrons. The molecule has 30 heavy (non-hydrogen) atoms. The van der Waals surface area contributed by atoms with E-state index in [1.165, 1.54) is 43.2 Å². The molecule has 10 heteroatoms. The standard InChI is InChI=1S/C20H21ClFN3O4S/c1-12-20(13(2)25(23-12)11-15-16(21)6-5-7-17(15)22)24-30(26,27)19-10-14(28-3)8-9-18(19)29-4/h5-10,24H,11H2,1-4H3. The highest BCUT2D eigenvalue weighted by Crippen LogP contribution is 2.31. The van der Waals surface area contributed by atoms with Gasteiger partial charge in [0.05, 0.1) is 37.8 Å². The molecular formula is C20H21ClFN3O4S. The molecule has 1 N–H and O–H groups in total. The summed E-state index contributed by atoms with van der Waals surface area (Å²) in [4.78, 5) is -0.0759. The zero-order valence-corrected chi connectivity index (χ0v) is 18.4. The zero-order chi connectivity index (χ0) is 22.1. The fourth-order valence-corrected chi connectivity index (χ4v) is 4.60. The van der Waals surface area contributed by atoms with Crippen LogP contribution in [0.15, 0.2) is 41.3 Å². The topological polar surface area (TPSA) is 82.4 Å². The van der Waals surface area contributed by atoms with Gasteiger partial charge in [0.2, 0.25) is 0 Å². The van der Waals surface area contributed by atoms with E-state index in [0.717, 1.165) is 0 Å². The Kier molecular flexibility index (Phi) is 6.23. The van der Waals surface area contributed by atoms with Crippen LogP contribution in [0.5, 0.6) is 11.5 Å². The van der Waals surface area contributed by atoms with Crippen LogP contribution < -0.4 is 14.2 Å². The van der Waals surface area contributed by atoms with Crippen LogP contribution in [-0.4, -0.2) is 32.4 Å². The molecule has 0 atom stereocenters. The summed E-state index contributed by atoms with van der Waals surface area (Å²) in [6.07, 6.45) is 0. The Morgan fingerprint density at radius 2 is 1.90 bits per heavy atom. The number of benzene rings is 2. The molecular weight excluding hydrogens is 433 g/mol. The lowest BCUT2D eigenvalue weighted by molar-refractivity contribution is 0.392. The molecule has 0 saturated carbocycles. The zero-order valence-electron chi connectivity index (χ0n) is 16.9. The second-order valence-corrected chi connectivity index (χ2v) is 8.58. The third-order valence-corrected chi connectivity index (χ3v) is 6.37. The van der Waals surface area contributed by atoms with Gasteiger partial charge in [0.1, 0.15) is 22.2 Å². The highest BCUT2D eigenvalue weighted by Gasteiger charge is 2.24. The SMILES string of the molecule is COc1ccc(OC)c(S(=O)(=O)Nc2c(C)nn(Cc3c(F)cccc3Cl)c2C)c1. The first-order valence-electron chi connectivity index (χ1n) is 8.89. The first-order chi connectivity index (χ1) is 14.2. The van der Waals surface area contributed by atoms with E-state index in [1.54, 1.807) is 26.0 Å². The van der Waals surface area contributed by atoms with Gasteiger partial charge >= 0.3 is 0 Å². The van der Waals surface area contributed by atoms with Crippen molar-refractivity contribution in [2.45, 2.75) is 25.3 Å². The van der Waals surface area contributed by atoms with E-state index >= 15 is 0 Å². The van der Waals surface area contributed by atoms with Gasteiger partial charge in [0.15, 0.2) is 0 Å². The molecule has 0 radical (unpaired) electrons. The van der Waals surface area contributed by atoms with Gasteiger partial charge < -0.3 is 9.47 Å². The quantitative estimate of drug-likeness (QED) is 0.580. The smallest absolute Gasteiger partial charge is 0.265 e. The summed E-state index contributed by atoms with van der Waals surface area (Å²) in [7, 11) is -1.19. The third kappa shape index (κ3) is 4.22. The number of sulfonamides is 1.